The van der Waals surface area contributed by atoms with E-state index < -0.39 is 15.7 Å². The minimum Gasteiger partial charge on any atom is -0.314 e. The summed E-state index contributed by atoms with van der Waals surface area (Å²) in [4.78, 5) is 4.06. The van der Waals surface area contributed by atoms with Crippen LogP contribution in [0.5, 0.6) is 0 Å². The van der Waals surface area contributed by atoms with Gasteiger partial charge in [0.15, 0.2) is 5.03 Å². The molecule has 3 rings (SSSR count). The molecule has 0 unspecified atom stereocenters. The lowest BCUT2D eigenvalue weighted by atomic mass is 10.3. The monoisotopic (exact) mass is 394 g/mol. The van der Waals surface area contributed by atoms with E-state index >= 15 is 0 Å². The molecule has 1 N–H and O–H groups in total. The number of benzene rings is 1. The molecule has 0 saturated heterocycles. The molecule has 0 saturated carbocycles. The smallest absolute Gasteiger partial charge is 0.225 e. The van der Waals surface area contributed by atoms with Gasteiger partial charge in [0, 0.05) is 30.6 Å². The number of hydrogen-bond donors (Lipinski definition) is 1. The molecule has 9 heteroatoms. The highest BCUT2D eigenvalue weighted by molar-refractivity contribution is 7.91. The summed E-state index contributed by atoms with van der Waals surface area (Å²) in [6.45, 7) is 2.10. The highest BCUT2D eigenvalue weighted by Gasteiger charge is 2.26. The predicted octanol–water partition coefficient (Wildman–Crippen LogP) is 2.92. The highest BCUT2D eigenvalue weighted by Crippen LogP contribution is 2.28. The fraction of sp³-hybridized carbons (Fsp3) is 0.176. The molecular weight excluding hydrogens is 379 g/mol. The number of aromatic nitrogens is 3. The normalized spacial score (nSPS) is 11.7. The van der Waals surface area contributed by atoms with Crippen molar-refractivity contribution in [1.29, 1.82) is 0 Å². The van der Waals surface area contributed by atoms with Crippen LogP contribution in [0, 0.1) is 12.7 Å². The summed E-state index contributed by atoms with van der Waals surface area (Å²) in [5.41, 5.74) is 1.32. The summed E-state index contributed by atoms with van der Waals surface area (Å²) < 4.78 is 41.0. The molecule has 2 aromatic heterocycles. The Morgan fingerprint density at radius 2 is 2.00 bits per heavy atom. The van der Waals surface area contributed by atoms with E-state index in [1.54, 1.807) is 20.0 Å². The summed E-state index contributed by atoms with van der Waals surface area (Å²) in [5, 5.41) is 7.27. The van der Waals surface area contributed by atoms with E-state index in [0.717, 1.165) is 10.7 Å². The Hall–Kier alpha value is -2.29. The van der Waals surface area contributed by atoms with Crippen molar-refractivity contribution in [3.8, 4) is 5.69 Å². The molecule has 3 aromatic rings. The van der Waals surface area contributed by atoms with Crippen molar-refractivity contribution in [1.82, 2.24) is 20.1 Å². The van der Waals surface area contributed by atoms with Crippen LogP contribution >= 0.6 is 11.6 Å². The van der Waals surface area contributed by atoms with Crippen molar-refractivity contribution < 1.29 is 12.8 Å². The molecular formula is C17H16ClFN4O2S. The van der Waals surface area contributed by atoms with Crippen LogP contribution in [-0.2, 0) is 16.4 Å². The average Bonchev–Trinajstić information content (AvgIpc) is 3.02. The zero-order valence-electron chi connectivity index (χ0n) is 14.1. The Labute approximate surface area is 155 Å². The molecule has 0 aliphatic rings. The van der Waals surface area contributed by atoms with Gasteiger partial charge >= 0.3 is 0 Å². The molecule has 0 bridgehead atoms. The Bertz CT molecular complexity index is 1050. The fourth-order valence-electron chi connectivity index (χ4n) is 2.42. The number of sulfone groups is 1. The molecule has 6 nitrogen and oxygen atoms in total. The lowest BCUT2D eigenvalue weighted by molar-refractivity contribution is 0.583. The fourth-order valence-corrected chi connectivity index (χ4v) is 3.96. The van der Waals surface area contributed by atoms with Gasteiger partial charge in [-0.25, -0.2) is 17.5 Å². The number of aryl methyl sites for hydroxylation is 1. The minimum absolute atomic E-state index is 0.0211. The number of nitrogens with one attached hydrogen (secondary N) is 1. The maximum Gasteiger partial charge on any atom is 0.225 e. The average molecular weight is 395 g/mol. The van der Waals surface area contributed by atoms with Crippen LogP contribution in [0.2, 0.25) is 5.02 Å². The van der Waals surface area contributed by atoms with E-state index in [-0.39, 0.29) is 20.6 Å². The first kappa shape index (κ1) is 18.5. The number of halogens is 2. The molecule has 26 heavy (non-hydrogen) atoms. The third-order valence-electron chi connectivity index (χ3n) is 3.69. The lowest BCUT2D eigenvalue weighted by Gasteiger charge is -2.10. The van der Waals surface area contributed by atoms with Gasteiger partial charge in [0.05, 0.1) is 21.3 Å². The van der Waals surface area contributed by atoms with Gasteiger partial charge in [-0.15, -0.1) is 0 Å². The Morgan fingerprint density at radius 1 is 1.23 bits per heavy atom. The van der Waals surface area contributed by atoms with Crippen molar-refractivity contribution >= 4 is 21.4 Å². The SMILES string of the molecule is CNCc1cc(S(=O)(=O)c2ccc(C)nc2)n(-c2cc(F)ccc2Cl)n1. The quantitative estimate of drug-likeness (QED) is 0.720. The van der Waals surface area contributed by atoms with Crippen molar-refractivity contribution in [3.63, 3.8) is 0 Å². The van der Waals surface area contributed by atoms with E-state index in [2.05, 4.69) is 15.4 Å². The maximum absolute atomic E-state index is 13.7. The van der Waals surface area contributed by atoms with Crippen LogP contribution in [0.25, 0.3) is 5.69 Å². The summed E-state index contributed by atoms with van der Waals surface area (Å²) in [5.74, 6) is -0.546. The van der Waals surface area contributed by atoms with Crippen LogP contribution in [0.1, 0.15) is 11.4 Å². The zero-order chi connectivity index (χ0) is 18.9. The Kier molecular flexibility index (Phi) is 5.08. The molecule has 1 aromatic carbocycles. The second kappa shape index (κ2) is 7.14. The van der Waals surface area contributed by atoms with Gasteiger partial charge < -0.3 is 5.32 Å². The molecule has 0 spiro atoms. The zero-order valence-corrected chi connectivity index (χ0v) is 15.6. The van der Waals surface area contributed by atoms with Crippen LogP contribution in [0.15, 0.2) is 52.5 Å². The predicted molar refractivity (Wildman–Crippen MR) is 95.7 cm³/mol. The molecule has 2 heterocycles. The van der Waals surface area contributed by atoms with E-state index in [9.17, 15) is 12.8 Å². The Morgan fingerprint density at radius 3 is 2.65 bits per heavy atom. The Balaban J connectivity index is 2.23. The number of rotatable bonds is 5. The van der Waals surface area contributed by atoms with E-state index in [0.29, 0.717) is 17.9 Å². The first-order valence-electron chi connectivity index (χ1n) is 7.69. The maximum atomic E-state index is 13.7. The molecule has 136 valence electrons. The first-order chi connectivity index (χ1) is 12.3. The molecule has 0 aliphatic carbocycles. The van der Waals surface area contributed by atoms with Crippen molar-refractivity contribution in [3.05, 3.63) is 64.8 Å². The molecule has 0 fully saturated rings. The van der Waals surface area contributed by atoms with Crippen LogP contribution in [0.3, 0.4) is 0 Å². The van der Waals surface area contributed by atoms with E-state index in [4.69, 9.17) is 11.6 Å². The second-order valence-electron chi connectivity index (χ2n) is 5.65. The second-order valence-corrected chi connectivity index (χ2v) is 7.95. The van der Waals surface area contributed by atoms with Gasteiger partial charge in [-0.3, -0.25) is 4.98 Å². The van der Waals surface area contributed by atoms with Gasteiger partial charge in [0.1, 0.15) is 5.82 Å². The number of nitrogens with zero attached hydrogens (tertiary/aromatic N) is 3. The summed E-state index contributed by atoms with van der Waals surface area (Å²) in [7, 11) is -2.22. The number of pyridine rings is 1. The standard InChI is InChI=1S/C17H16ClFN4O2S/c1-11-3-5-14(10-21-11)26(24,25)17-8-13(9-20-2)22-23(17)16-7-12(19)4-6-15(16)18/h3-8,10,20H,9H2,1-2H3. The van der Waals surface area contributed by atoms with Crippen molar-refractivity contribution in [2.24, 2.45) is 0 Å². The van der Waals surface area contributed by atoms with E-state index in [1.807, 2.05) is 0 Å². The molecule has 0 atom stereocenters. The number of hydrogen-bond acceptors (Lipinski definition) is 5. The lowest BCUT2D eigenvalue weighted by Crippen LogP contribution is -2.11. The van der Waals surface area contributed by atoms with Gasteiger partial charge in [0.25, 0.3) is 0 Å². The minimum atomic E-state index is -3.93. The third kappa shape index (κ3) is 3.48. The highest BCUT2D eigenvalue weighted by atomic mass is 35.5. The van der Waals surface area contributed by atoms with E-state index in [1.165, 1.54) is 30.5 Å². The van der Waals surface area contributed by atoms with Crippen LogP contribution in [-0.4, -0.2) is 30.2 Å². The molecule has 0 aliphatic heterocycles. The van der Waals surface area contributed by atoms with Gasteiger partial charge in [-0.2, -0.15) is 5.10 Å². The van der Waals surface area contributed by atoms with Gasteiger partial charge in [-0.05, 0) is 38.2 Å². The van der Waals surface area contributed by atoms with Crippen molar-refractivity contribution in [2.45, 2.75) is 23.4 Å². The first-order valence-corrected chi connectivity index (χ1v) is 9.56. The third-order valence-corrected chi connectivity index (χ3v) is 5.71. The largest absolute Gasteiger partial charge is 0.314 e. The van der Waals surface area contributed by atoms with Crippen LogP contribution in [0.4, 0.5) is 4.39 Å². The molecule has 0 amide bonds. The summed E-state index contributed by atoms with van der Waals surface area (Å²) >= 11 is 6.16. The summed E-state index contributed by atoms with van der Waals surface area (Å²) in [6.07, 6.45) is 1.28. The summed E-state index contributed by atoms with van der Waals surface area (Å²) in [6, 6.07) is 8.21. The van der Waals surface area contributed by atoms with Crippen LogP contribution < -0.4 is 5.32 Å². The van der Waals surface area contributed by atoms with Gasteiger partial charge in [0.2, 0.25) is 9.84 Å². The topological polar surface area (TPSA) is 76.9 Å². The van der Waals surface area contributed by atoms with Gasteiger partial charge in [-0.1, -0.05) is 11.6 Å². The van der Waals surface area contributed by atoms with Crippen molar-refractivity contribution in [2.75, 3.05) is 7.05 Å². The molecule has 0 radical (unpaired) electrons.